The number of sulfonamides is 1. The minimum atomic E-state index is -3.52. The molecule has 0 aliphatic heterocycles. The second kappa shape index (κ2) is 6.09. The Morgan fingerprint density at radius 2 is 1.40 bits per heavy atom. The van der Waals surface area contributed by atoms with Crippen LogP contribution in [-0.2, 0) is 10.0 Å². The minimum absolute atomic E-state index is 0.244. The summed E-state index contributed by atoms with van der Waals surface area (Å²) in [5, 5.41) is 0. The van der Waals surface area contributed by atoms with Crippen molar-refractivity contribution in [1.29, 1.82) is 0 Å². The van der Waals surface area contributed by atoms with Gasteiger partial charge in [0.25, 0.3) is 10.0 Å². The molecule has 0 heterocycles. The Labute approximate surface area is 120 Å². The highest BCUT2D eigenvalue weighted by atomic mass is 32.2. The van der Waals surface area contributed by atoms with Crippen LogP contribution in [0.5, 0.6) is 0 Å². The molecule has 0 saturated heterocycles. The van der Waals surface area contributed by atoms with Gasteiger partial charge in [0.1, 0.15) is 0 Å². The van der Waals surface area contributed by atoms with Gasteiger partial charge in [-0.2, -0.15) is 0 Å². The molecule has 0 aromatic heterocycles. The Bertz CT molecular complexity index is 637. The molecular weight excluding hydrogens is 270 g/mol. The predicted molar refractivity (Wildman–Crippen MR) is 82.3 cm³/mol. The summed E-state index contributed by atoms with van der Waals surface area (Å²) in [5.41, 5.74) is 0.699. The lowest BCUT2D eigenvalue weighted by Crippen LogP contribution is -2.34. The highest BCUT2D eigenvalue weighted by molar-refractivity contribution is 7.92. The lowest BCUT2D eigenvalue weighted by molar-refractivity contribution is 0.578. The summed E-state index contributed by atoms with van der Waals surface area (Å²) < 4.78 is 27.1. The molecule has 2 aromatic rings. The van der Waals surface area contributed by atoms with Crippen LogP contribution < -0.4 is 4.31 Å². The van der Waals surface area contributed by atoms with Crippen molar-refractivity contribution in [3.8, 4) is 0 Å². The van der Waals surface area contributed by atoms with Crippen LogP contribution in [0.1, 0.15) is 13.8 Å². The van der Waals surface area contributed by atoms with Gasteiger partial charge < -0.3 is 0 Å². The van der Waals surface area contributed by atoms with Crippen molar-refractivity contribution in [2.45, 2.75) is 18.7 Å². The Balaban J connectivity index is 2.47. The maximum absolute atomic E-state index is 12.8. The SMILES string of the molecule is CC(C)CN(c1ccccc1)S(=O)(=O)c1ccccc1. The third kappa shape index (κ3) is 3.20. The van der Waals surface area contributed by atoms with E-state index < -0.39 is 10.0 Å². The quantitative estimate of drug-likeness (QED) is 0.844. The molecule has 0 saturated carbocycles. The molecule has 0 radical (unpaired) electrons. The van der Waals surface area contributed by atoms with Crippen LogP contribution in [-0.4, -0.2) is 15.0 Å². The van der Waals surface area contributed by atoms with Gasteiger partial charge in [-0.15, -0.1) is 0 Å². The lowest BCUT2D eigenvalue weighted by Gasteiger charge is -2.26. The van der Waals surface area contributed by atoms with Gasteiger partial charge in [-0.3, -0.25) is 4.31 Å². The summed E-state index contributed by atoms with van der Waals surface area (Å²) in [6, 6.07) is 17.8. The topological polar surface area (TPSA) is 37.4 Å². The van der Waals surface area contributed by atoms with Crippen molar-refractivity contribution in [1.82, 2.24) is 0 Å². The van der Waals surface area contributed by atoms with Gasteiger partial charge in [-0.1, -0.05) is 50.2 Å². The number of anilines is 1. The molecule has 0 bridgehead atoms. The molecule has 4 heteroatoms. The van der Waals surface area contributed by atoms with Crippen LogP contribution in [0.3, 0.4) is 0 Å². The zero-order valence-corrected chi connectivity index (χ0v) is 12.5. The number of hydrogen-bond donors (Lipinski definition) is 0. The monoisotopic (exact) mass is 289 g/mol. The fraction of sp³-hybridized carbons (Fsp3) is 0.250. The van der Waals surface area contributed by atoms with E-state index in [-0.39, 0.29) is 5.92 Å². The first-order valence-corrected chi connectivity index (χ1v) is 8.08. The van der Waals surface area contributed by atoms with Crippen molar-refractivity contribution in [3.63, 3.8) is 0 Å². The van der Waals surface area contributed by atoms with Gasteiger partial charge >= 0.3 is 0 Å². The van der Waals surface area contributed by atoms with Gasteiger partial charge in [-0.25, -0.2) is 8.42 Å². The van der Waals surface area contributed by atoms with Crippen molar-refractivity contribution in [2.24, 2.45) is 5.92 Å². The Morgan fingerprint density at radius 1 is 0.900 bits per heavy atom. The van der Waals surface area contributed by atoms with Gasteiger partial charge in [0.2, 0.25) is 0 Å². The van der Waals surface area contributed by atoms with E-state index in [4.69, 9.17) is 0 Å². The van der Waals surface area contributed by atoms with Crippen LogP contribution in [0.15, 0.2) is 65.6 Å². The van der Waals surface area contributed by atoms with Gasteiger partial charge in [0, 0.05) is 6.54 Å². The zero-order chi connectivity index (χ0) is 14.6. The van der Waals surface area contributed by atoms with Crippen molar-refractivity contribution >= 4 is 15.7 Å². The summed E-state index contributed by atoms with van der Waals surface area (Å²) in [7, 11) is -3.52. The molecule has 2 aromatic carbocycles. The van der Waals surface area contributed by atoms with E-state index in [0.29, 0.717) is 17.1 Å². The molecule has 0 aliphatic carbocycles. The number of nitrogens with zero attached hydrogens (tertiary/aromatic N) is 1. The van der Waals surface area contributed by atoms with Crippen LogP contribution in [0, 0.1) is 5.92 Å². The summed E-state index contributed by atoms with van der Waals surface area (Å²) in [6.07, 6.45) is 0. The average molecular weight is 289 g/mol. The smallest absolute Gasteiger partial charge is 0.264 e. The molecule has 0 amide bonds. The second-order valence-electron chi connectivity index (χ2n) is 5.08. The molecule has 0 fully saturated rings. The van der Waals surface area contributed by atoms with Crippen molar-refractivity contribution in [2.75, 3.05) is 10.8 Å². The van der Waals surface area contributed by atoms with E-state index in [2.05, 4.69) is 0 Å². The van der Waals surface area contributed by atoms with E-state index in [0.717, 1.165) is 0 Å². The Hall–Kier alpha value is -1.81. The normalized spacial score (nSPS) is 11.6. The first-order valence-electron chi connectivity index (χ1n) is 6.64. The average Bonchev–Trinajstić information content (AvgIpc) is 2.46. The number of rotatable bonds is 5. The summed E-state index contributed by atoms with van der Waals surface area (Å²) in [4.78, 5) is 0.324. The summed E-state index contributed by atoms with van der Waals surface area (Å²) in [6.45, 7) is 4.48. The number of para-hydroxylation sites is 1. The number of benzene rings is 2. The zero-order valence-electron chi connectivity index (χ0n) is 11.7. The molecule has 3 nitrogen and oxygen atoms in total. The van der Waals surface area contributed by atoms with Crippen LogP contribution in [0.4, 0.5) is 5.69 Å². The Kier molecular flexibility index (Phi) is 4.45. The first kappa shape index (κ1) is 14.6. The third-order valence-electron chi connectivity index (χ3n) is 2.91. The molecule has 0 unspecified atom stereocenters. The summed E-state index contributed by atoms with van der Waals surface area (Å²) >= 11 is 0. The van der Waals surface area contributed by atoms with Gasteiger partial charge in [0.15, 0.2) is 0 Å². The molecule has 0 N–H and O–H groups in total. The van der Waals surface area contributed by atoms with E-state index in [1.165, 1.54) is 4.31 Å². The highest BCUT2D eigenvalue weighted by Gasteiger charge is 2.25. The van der Waals surface area contributed by atoms with E-state index >= 15 is 0 Å². The highest BCUT2D eigenvalue weighted by Crippen LogP contribution is 2.24. The molecule has 20 heavy (non-hydrogen) atoms. The molecule has 0 spiro atoms. The molecule has 2 rings (SSSR count). The van der Waals surface area contributed by atoms with Gasteiger partial charge in [0.05, 0.1) is 10.6 Å². The molecular formula is C16H19NO2S. The van der Waals surface area contributed by atoms with E-state index in [1.54, 1.807) is 24.3 Å². The maximum atomic E-state index is 12.8. The lowest BCUT2D eigenvalue weighted by atomic mass is 10.2. The van der Waals surface area contributed by atoms with Crippen molar-refractivity contribution in [3.05, 3.63) is 60.7 Å². The number of hydrogen-bond acceptors (Lipinski definition) is 2. The minimum Gasteiger partial charge on any atom is -0.266 e. The largest absolute Gasteiger partial charge is 0.266 e. The standard InChI is InChI=1S/C16H19NO2S/c1-14(2)13-17(15-9-5-3-6-10-15)20(18,19)16-11-7-4-8-12-16/h3-12,14H,13H2,1-2H3. The molecule has 106 valence electrons. The first-order chi connectivity index (χ1) is 9.51. The van der Waals surface area contributed by atoms with Crippen LogP contribution in [0.2, 0.25) is 0 Å². The Morgan fingerprint density at radius 3 is 1.90 bits per heavy atom. The van der Waals surface area contributed by atoms with Crippen LogP contribution in [0.25, 0.3) is 0 Å². The fourth-order valence-corrected chi connectivity index (χ4v) is 3.64. The van der Waals surface area contributed by atoms with Crippen LogP contribution >= 0.6 is 0 Å². The third-order valence-corrected chi connectivity index (χ3v) is 4.71. The summed E-state index contributed by atoms with van der Waals surface area (Å²) in [5.74, 6) is 0.244. The predicted octanol–water partition coefficient (Wildman–Crippen LogP) is 3.54. The molecule has 0 aliphatic rings. The second-order valence-corrected chi connectivity index (χ2v) is 6.94. The van der Waals surface area contributed by atoms with Gasteiger partial charge in [-0.05, 0) is 30.2 Å². The maximum Gasteiger partial charge on any atom is 0.264 e. The molecule has 0 atom stereocenters. The van der Waals surface area contributed by atoms with E-state index in [1.807, 2.05) is 50.2 Å². The fourth-order valence-electron chi connectivity index (χ4n) is 1.99. The van der Waals surface area contributed by atoms with Crippen molar-refractivity contribution < 1.29 is 8.42 Å². The van der Waals surface area contributed by atoms with E-state index in [9.17, 15) is 8.42 Å².